The van der Waals surface area contributed by atoms with Gasteiger partial charge in [-0.2, -0.15) is 0 Å². The Bertz CT molecular complexity index is 1080. The van der Waals surface area contributed by atoms with Crippen molar-refractivity contribution in [2.75, 3.05) is 18.0 Å². The third kappa shape index (κ3) is 4.65. The van der Waals surface area contributed by atoms with Gasteiger partial charge in [0.2, 0.25) is 6.43 Å². The van der Waals surface area contributed by atoms with E-state index in [4.69, 9.17) is 4.42 Å². The van der Waals surface area contributed by atoms with E-state index >= 15 is 0 Å². The lowest BCUT2D eigenvalue weighted by Crippen LogP contribution is -2.37. The minimum absolute atomic E-state index is 0.157. The van der Waals surface area contributed by atoms with Crippen molar-refractivity contribution in [2.45, 2.75) is 38.5 Å². The van der Waals surface area contributed by atoms with Crippen molar-refractivity contribution >= 4 is 22.8 Å². The van der Waals surface area contributed by atoms with Crippen LogP contribution in [0.25, 0.3) is 22.2 Å². The fourth-order valence-electron chi connectivity index (χ4n) is 3.91. The smallest absolute Gasteiger partial charge is 0.306 e. The zero-order valence-electron chi connectivity index (χ0n) is 16.7. The van der Waals surface area contributed by atoms with Gasteiger partial charge in [0.05, 0.1) is 17.9 Å². The summed E-state index contributed by atoms with van der Waals surface area (Å²) in [5.41, 5.74) is 1.72. The molecule has 3 heterocycles. The van der Waals surface area contributed by atoms with Gasteiger partial charge in [-0.05, 0) is 43.9 Å². The van der Waals surface area contributed by atoms with Crippen molar-refractivity contribution in [3.05, 3.63) is 42.2 Å². The van der Waals surface area contributed by atoms with Crippen LogP contribution in [0, 0.1) is 11.7 Å². The number of aromatic nitrogens is 2. The van der Waals surface area contributed by atoms with E-state index in [1.807, 2.05) is 4.90 Å². The van der Waals surface area contributed by atoms with Crippen molar-refractivity contribution in [3.63, 3.8) is 0 Å². The SMILES string of the molecule is O=C(O)C1CCN(c2nc(CCCC(F)F)cnc2-c2cc(F)c3occc3c2)CC1. The number of alkyl halides is 2. The van der Waals surface area contributed by atoms with Gasteiger partial charge in [0.1, 0.15) is 5.69 Å². The van der Waals surface area contributed by atoms with Crippen LogP contribution in [-0.2, 0) is 11.2 Å². The van der Waals surface area contributed by atoms with Gasteiger partial charge in [-0.15, -0.1) is 0 Å². The van der Waals surface area contributed by atoms with Crippen molar-refractivity contribution in [3.8, 4) is 11.3 Å². The fraction of sp³-hybridized carbons (Fsp3) is 0.409. The average Bonchev–Trinajstić information content (AvgIpc) is 3.23. The molecule has 0 unspecified atom stereocenters. The summed E-state index contributed by atoms with van der Waals surface area (Å²) in [5.74, 6) is -1.24. The number of halogens is 3. The van der Waals surface area contributed by atoms with E-state index in [9.17, 15) is 23.1 Å². The molecule has 2 aromatic heterocycles. The Labute approximate surface area is 176 Å². The van der Waals surface area contributed by atoms with Gasteiger partial charge in [0, 0.05) is 36.7 Å². The van der Waals surface area contributed by atoms with Crippen LogP contribution in [0.2, 0.25) is 0 Å². The number of aryl methyl sites for hydroxylation is 1. The van der Waals surface area contributed by atoms with E-state index in [1.54, 1.807) is 12.1 Å². The highest BCUT2D eigenvalue weighted by molar-refractivity contribution is 5.85. The first-order chi connectivity index (χ1) is 14.9. The van der Waals surface area contributed by atoms with Crippen LogP contribution in [0.5, 0.6) is 0 Å². The van der Waals surface area contributed by atoms with Crippen molar-refractivity contribution in [2.24, 2.45) is 5.92 Å². The second kappa shape index (κ2) is 8.95. The Kier molecular flexibility index (Phi) is 6.11. The van der Waals surface area contributed by atoms with E-state index in [2.05, 4.69) is 9.97 Å². The molecule has 164 valence electrons. The number of carboxylic acid groups (broad SMARTS) is 1. The molecule has 9 heteroatoms. The number of hydrogen-bond donors (Lipinski definition) is 1. The largest absolute Gasteiger partial charge is 0.481 e. The van der Waals surface area contributed by atoms with Crippen molar-refractivity contribution in [1.29, 1.82) is 0 Å². The molecule has 0 amide bonds. The Morgan fingerprint density at radius 2 is 2.06 bits per heavy atom. The normalized spacial score (nSPS) is 15.2. The van der Waals surface area contributed by atoms with Gasteiger partial charge >= 0.3 is 5.97 Å². The number of aliphatic carboxylic acids is 1. The summed E-state index contributed by atoms with van der Waals surface area (Å²) in [4.78, 5) is 22.4. The predicted octanol–water partition coefficient (Wildman–Crippen LogP) is 4.92. The first kappa shape index (κ1) is 21.1. The second-order valence-corrected chi connectivity index (χ2v) is 7.71. The Hall–Kier alpha value is -3.10. The van der Waals surface area contributed by atoms with Crippen LogP contribution in [0.1, 0.15) is 31.4 Å². The molecule has 4 rings (SSSR count). The van der Waals surface area contributed by atoms with Crippen LogP contribution in [-0.4, -0.2) is 40.6 Å². The molecule has 1 aromatic carbocycles. The number of fused-ring (bicyclic) bond motifs is 1. The Balaban J connectivity index is 1.68. The molecule has 0 spiro atoms. The zero-order chi connectivity index (χ0) is 22.0. The molecule has 1 saturated heterocycles. The van der Waals surface area contributed by atoms with Crippen LogP contribution >= 0.6 is 0 Å². The maximum absolute atomic E-state index is 14.5. The van der Waals surface area contributed by atoms with E-state index in [0.29, 0.717) is 60.5 Å². The minimum Gasteiger partial charge on any atom is -0.481 e. The number of benzene rings is 1. The number of nitrogens with zero attached hydrogens (tertiary/aromatic N) is 3. The number of rotatable bonds is 7. The molecule has 0 bridgehead atoms. The number of carbonyl (C=O) groups is 1. The summed E-state index contributed by atoms with van der Waals surface area (Å²) in [6, 6.07) is 4.75. The molecule has 1 aliphatic heterocycles. The Morgan fingerprint density at radius 3 is 2.77 bits per heavy atom. The molecule has 0 radical (unpaired) electrons. The highest BCUT2D eigenvalue weighted by Crippen LogP contribution is 2.34. The van der Waals surface area contributed by atoms with Crippen LogP contribution in [0.4, 0.5) is 19.0 Å². The van der Waals surface area contributed by atoms with E-state index in [-0.39, 0.29) is 18.4 Å². The van der Waals surface area contributed by atoms with Crippen LogP contribution in [0.3, 0.4) is 0 Å². The summed E-state index contributed by atoms with van der Waals surface area (Å²) >= 11 is 0. The van der Waals surface area contributed by atoms with E-state index < -0.39 is 24.1 Å². The monoisotopic (exact) mass is 433 g/mol. The number of furan rings is 1. The summed E-state index contributed by atoms with van der Waals surface area (Å²) in [6.07, 6.45) is 1.91. The summed E-state index contributed by atoms with van der Waals surface area (Å²) in [7, 11) is 0. The third-order valence-electron chi connectivity index (χ3n) is 5.58. The molecule has 0 atom stereocenters. The summed E-state index contributed by atoms with van der Waals surface area (Å²) in [6.45, 7) is 0.936. The van der Waals surface area contributed by atoms with Crippen LogP contribution in [0.15, 0.2) is 35.1 Å². The van der Waals surface area contributed by atoms with E-state index in [0.717, 1.165) is 0 Å². The van der Waals surface area contributed by atoms with Gasteiger partial charge in [0.25, 0.3) is 0 Å². The lowest BCUT2D eigenvalue weighted by atomic mass is 9.96. The van der Waals surface area contributed by atoms with Crippen molar-refractivity contribution < 1.29 is 27.5 Å². The van der Waals surface area contributed by atoms with Crippen molar-refractivity contribution in [1.82, 2.24) is 9.97 Å². The molecular weight excluding hydrogens is 411 g/mol. The lowest BCUT2D eigenvalue weighted by molar-refractivity contribution is -0.142. The predicted molar refractivity (Wildman–Crippen MR) is 109 cm³/mol. The quantitative estimate of drug-likeness (QED) is 0.570. The molecule has 0 aliphatic carbocycles. The maximum atomic E-state index is 14.5. The van der Waals surface area contributed by atoms with Gasteiger partial charge < -0.3 is 14.4 Å². The van der Waals surface area contributed by atoms with Gasteiger partial charge in [-0.25, -0.2) is 18.2 Å². The minimum atomic E-state index is -2.37. The fourth-order valence-corrected chi connectivity index (χ4v) is 3.91. The molecule has 6 nitrogen and oxygen atoms in total. The molecule has 3 aromatic rings. The van der Waals surface area contributed by atoms with Gasteiger partial charge in [-0.1, -0.05) is 0 Å². The number of hydrogen-bond acceptors (Lipinski definition) is 5. The van der Waals surface area contributed by atoms with Crippen LogP contribution < -0.4 is 4.90 Å². The average molecular weight is 433 g/mol. The second-order valence-electron chi connectivity index (χ2n) is 7.71. The molecule has 1 aliphatic rings. The third-order valence-corrected chi connectivity index (χ3v) is 5.58. The maximum Gasteiger partial charge on any atom is 0.306 e. The molecule has 31 heavy (non-hydrogen) atoms. The zero-order valence-corrected chi connectivity index (χ0v) is 16.7. The first-order valence-electron chi connectivity index (χ1n) is 10.2. The Morgan fingerprint density at radius 1 is 1.29 bits per heavy atom. The highest BCUT2D eigenvalue weighted by Gasteiger charge is 2.27. The first-order valence-corrected chi connectivity index (χ1v) is 10.2. The molecule has 1 N–H and O–H groups in total. The topological polar surface area (TPSA) is 79.5 Å². The summed E-state index contributed by atoms with van der Waals surface area (Å²) < 4.78 is 44.7. The lowest BCUT2D eigenvalue weighted by Gasteiger charge is -2.32. The van der Waals surface area contributed by atoms with Gasteiger partial charge in [-0.3, -0.25) is 9.78 Å². The standard InChI is InChI=1S/C22H22F3N3O3/c23-17-11-15(10-14-6-9-31-20(14)17)19-21(28-7-4-13(5-8-28)22(29)30)27-16(12-26-19)2-1-3-18(24)25/h6,9-13,18H,1-5,7-8H2,(H,29,30). The summed E-state index contributed by atoms with van der Waals surface area (Å²) in [5, 5.41) is 9.86. The molecular formula is C22H22F3N3O3. The highest BCUT2D eigenvalue weighted by atomic mass is 19.3. The molecule has 1 fully saturated rings. The van der Waals surface area contributed by atoms with E-state index in [1.165, 1.54) is 18.5 Å². The molecule has 0 saturated carbocycles. The number of carboxylic acids is 1. The number of anilines is 1. The van der Waals surface area contributed by atoms with Gasteiger partial charge in [0.15, 0.2) is 17.2 Å². The number of piperidine rings is 1.